The van der Waals surface area contributed by atoms with Crippen molar-refractivity contribution in [1.29, 1.82) is 0 Å². The fourth-order valence-electron chi connectivity index (χ4n) is 2.92. The van der Waals surface area contributed by atoms with Crippen LogP contribution < -0.4 is 5.32 Å². The van der Waals surface area contributed by atoms with E-state index in [1.54, 1.807) is 12.1 Å². The molecule has 0 fully saturated rings. The number of nitrogens with one attached hydrogen (secondary N) is 1. The molecule has 1 heterocycles. The molecule has 6 nitrogen and oxygen atoms in total. The number of anilines is 1. The van der Waals surface area contributed by atoms with Crippen molar-refractivity contribution in [1.82, 2.24) is 9.55 Å². The Morgan fingerprint density at radius 3 is 2.95 bits per heavy atom. The predicted molar refractivity (Wildman–Crippen MR) is 80.6 cm³/mol. The van der Waals surface area contributed by atoms with E-state index in [1.807, 2.05) is 13.4 Å². The molecule has 0 bridgehead atoms. The van der Waals surface area contributed by atoms with Crippen LogP contribution in [0.15, 0.2) is 24.5 Å². The number of hydrogen-bond donors (Lipinski definition) is 1. The maximum Gasteiger partial charge on any atom is 0.269 e. The van der Waals surface area contributed by atoms with Gasteiger partial charge in [-0.1, -0.05) is 0 Å². The molecular formula is C15H18N4O2. The maximum absolute atomic E-state index is 11.0. The van der Waals surface area contributed by atoms with Gasteiger partial charge in [0.1, 0.15) is 0 Å². The molecule has 6 heteroatoms. The van der Waals surface area contributed by atoms with E-state index < -0.39 is 0 Å². The van der Waals surface area contributed by atoms with Crippen molar-refractivity contribution < 1.29 is 4.92 Å². The van der Waals surface area contributed by atoms with E-state index in [-0.39, 0.29) is 10.6 Å². The number of nitro groups is 1. The van der Waals surface area contributed by atoms with E-state index in [4.69, 9.17) is 0 Å². The second-order valence-corrected chi connectivity index (χ2v) is 5.32. The van der Waals surface area contributed by atoms with E-state index in [2.05, 4.69) is 14.9 Å². The zero-order valence-corrected chi connectivity index (χ0v) is 12.0. The number of aryl methyl sites for hydroxylation is 1. The Morgan fingerprint density at radius 2 is 2.19 bits per heavy atom. The van der Waals surface area contributed by atoms with Gasteiger partial charge in [-0.05, 0) is 31.7 Å². The fourth-order valence-corrected chi connectivity index (χ4v) is 2.92. The molecule has 1 N–H and O–H groups in total. The van der Waals surface area contributed by atoms with Crippen LogP contribution in [-0.2, 0) is 19.4 Å². The van der Waals surface area contributed by atoms with E-state index in [9.17, 15) is 10.1 Å². The second kappa shape index (κ2) is 5.55. The Kier molecular flexibility index (Phi) is 3.60. The number of aromatic nitrogens is 2. The summed E-state index contributed by atoms with van der Waals surface area (Å²) in [5.74, 6) is 0. The molecule has 1 aliphatic carbocycles. The van der Waals surface area contributed by atoms with Crippen LogP contribution in [0.5, 0.6) is 0 Å². The lowest BCUT2D eigenvalue weighted by Gasteiger charge is -2.15. The van der Waals surface area contributed by atoms with Gasteiger partial charge in [-0.2, -0.15) is 0 Å². The van der Waals surface area contributed by atoms with Gasteiger partial charge in [0, 0.05) is 36.1 Å². The van der Waals surface area contributed by atoms with Gasteiger partial charge in [0.2, 0.25) is 0 Å². The average molecular weight is 286 g/mol. The molecule has 0 aliphatic heterocycles. The number of nitrogens with zero attached hydrogens (tertiary/aromatic N) is 3. The lowest BCUT2D eigenvalue weighted by Crippen LogP contribution is -2.10. The van der Waals surface area contributed by atoms with Crippen LogP contribution in [-0.4, -0.2) is 21.5 Å². The minimum absolute atomic E-state index is 0.123. The van der Waals surface area contributed by atoms with Crippen molar-refractivity contribution in [2.24, 2.45) is 0 Å². The number of non-ortho nitro benzene ring substituents is 1. The van der Waals surface area contributed by atoms with Gasteiger partial charge in [0.15, 0.2) is 0 Å². The predicted octanol–water partition coefficient (Wildman–Crippen LogP) is 2.76. The molecule has 0 radical (unpaired) electrons. The quantitative estimate of drug-likeness (QED) is 0.693. The van der Waals surface area contributed by atoms with Crippen LogP contribution in [0.3, 0.4) is 0 Å². The standard InChI is InChI=1S/C15H18N4O2/c1-16-13-7-6-12(19(20)21)8-11(13)9-18-10-17-14-4-2-3-5-15(14)18/h6-8,10,16H,2-5,9H2,1H3. The summed E-state index contributed by atoms with van der Waals surface area (Å²) in [5, 5.41) is 14.1. The molecule has 0 spiro atoms. The summed E-state index contributed by atoms with van der Waals surface area (Å²) in [7, 11) is 1.83. The molecule has 1 aliphatic rings. The Balaban J connectivity index is 1.95. The van der Waals surface area contributed by atoms with E-state index in [0.29, 0.717) is 6.54 Å². The zero-order valence-electron chi connectivity index (χ0n) is 12.0. The number of hydrogen-bond acceptors (Lipinski definition) is 4. The molecule has 3 rings (SSSR count). The van der Waals surface area contributed by atoms with E-state index in [1.165, 1.54) is 30.3 Å². The van der Waals surface area contributed by atoms with Crippen molar-refractivity contribution in [3.63, 3.8) is 0 Å². The van der Waals surface area contributed by atoms with Crippen LogP contribution in [0.25, 0.3) is 0 Å². The Bertz CT molecular complexity index is 678. The average Bonchev–Trinajstić information content (AvgIpc) is 2.90. The van der Waals surface area contributed by atoms with Crippen molar-refractivity contribution in [2.75, 3.05) is 12.4 Å². The zero-order chi connectivity index (χ0) is 14.8. The monoisotopic (exact) mass is 286 g/mol. The maximum atomic E-state index is 11.0. The van der Waals surface area contributed by atoms with Gasteiger partial charge in [-0.15, -0.1) is 0 Å². The number of imidazole rings is 1. The molecule has 2 aromatic rings. The largest absolute Gasteiger partial charge is 0.388 e. The third kappa shape index (κ3) is 2.61. The summed E-state index contributed by atoms with van der Waals surface area (Å²) in [6.45, 7) is 0.611. The van der Waals surface area contributed by atoms with Crippen LogP contribution in [0, 0.1) is 10.1 Å². The highest BCUT2D eigenvalue weighted by atomic mass is 16.6. The summed E-state index contributed by atoms with van der Waals surface area (Å²) in [6, 6.07) is 4.93. The van der Waals surface area contributed by atoms with Crippen LogP contribution in [0.2, 0.25) is 0 Å². The highest BCUT2D eigenvalue weighted by Gasteiger charge is 2.17. The topological polar surface area (TPSA) is 73.0 Å². The molecule has 0 saturated carbocycles. The third-order valence-electron chi connectivity index (χ3n) is 4.02. The second-order valence-electron chi connectivity index (χ2n) is 5.32. The van der Waals surface area contributed by atoms with Crippen molar-refractivity contribution in [3.8, 4) is 0 Å². The third-order valence-corrected chi connectivity index (χ3v) is 4.02. The molecule has 110 valence electrons. The first-order valence-corrected chi connectivity index (χ1v) is 7.17. The molecule has 0 atom stereocenters. The Hall–Kier alpha value is -2.37. The molecule has 21 heavy (non-hydrogen) atoms. The summed E-state index contributed by atoms with van der Waals surface area (Å²) >= 11 is 0. The highest BCUT2D eigenvalue weighted by Crippen LogP contribution is 2.25. The smallest absolute Gasteiger partial charge is 0.269 e. The van der Waals surface area contributed by atoms with Crippen molar-refractivity contribution >= 4 is 11.4 Å². The number of fused-ring (bicyclic) bond motifs is 1. The van der Waals surface area contributed by atoms with E-state index in [0.717, 1.165) is 24.1 Å². The highest BCUT2D eigenvalue weighted by molar-refractivity contribution is 5.55. The first-order chi connectivity index (χ1) is 10.2. The summed E-state index contributed by atoms with van der Waals surface area (Å²) in [5.41, 5.74) is 4.40. The first kappa shape index (κ1) is 13.6. The number of nitro benzene ring substituents is 1. The van der Waals surface area contributed by atoms with Gasteiger partial charge in [-0.3, -0.25) is 10.1 Å². The Labute approximate surface area is 123 Å². The van der Waals surface area contributed by atoms with Gasteiger partial charge < -0.3 is 9.88 Å². The van der Waals surface area contributed by atoms with Crippen LogP contribution >= 0.6 is 0 Å². The fraction of sp³-hybridized carbons (Fsp3) is 0.400. The Morgan fingerprint density at radius 1 is 1.38 bits per heavy atom. The van der Waals surface area contributed by atoms with Crippen molar-refractivity contribution in [2.45, 2.75) is 32.2 Å². The molecule has 0 unspecified atom stereocenters. The van der Waals surface area contributed by atoms with Gasteiger partial charge >= 0.3 is 0 Å². The molecular weight excluding hydrogens is 268 g/mol. The molecule has 1 aromatic heterocycles. The normalized spacial score (nSPS) is 13.8. The minimum Gasteiger partial charge on any atom is -0.388 e. The molecule has 1 aromatic carbocycles. The SMILES string of the molecule is CNc1ccc([N+](=O)[O-])cc1Cn1cnc2c1CCCC2. The summed E-state index contributed by atoms with van der Waals surface area (Å²) in [4.78, 5) is 15.1. The lowest BCUT2D eigenvalue weighted by atomic mass is 10.0. The van der Waals surface area contributed by atoms with Gasteiger partial charge in [-0.25, -0.2) is 4.98 Å². The van der Waals surface area contributed by atoms with Crippen LogP contribution in [0.1, 0.15) is 29.8 Å². The van der Waals surface area contributed by atoms with Gasteiger partial charge in [0.05, 0.1) is 23.5 Å². The van der Waals surface area contributed by atoms with Crippen LogP contribution in [0.4, 0.5) is 11.4 Å². The number of benzene rings is 1. The van der Waals surface area contributed by atoms with Crippen molar-refractivity contribution in [3.05, 3.63) is 51.6 Å². The molecule has 0 saturated heterocycles. The first-order valence-electron chi connectivity index (χ1n) is 7.17. The molecule has 0 amide bonds. The summed E-state index contributed by atoms with van der Waals surface area (Å²) in [6.07, 6.45) is 6.32. The summed E-state index contributed by atoms with van der Waals surface area (Å²) < 4.78 is 2.12. The number of rotatable bonds is 4. The van der Waals surface area contributed by atoms with Gasteiger partial charge in [0.25, 0.3) is 5.69 Å². The minimum atomic E-state index is -0.355. The van der Waals surface area contributed by atoms with E-state index >= 15 is 0 Å². The lowest BCUT2D eigenvalue weighted by molar-refractivity contribution is -0.384.